The van der Waals surface area contributed by atoms with Gasteiger partial charge in [0.25, 0.3) is 0 Å². The largest absolute Gasteiger partial charge is 0.480 e. The maximum Gasteiger partial charge on any atom is 0.233 e. The molecule has 1 aromatic heterocycles. The second-order valence-corrected chi connectivity index (χ2v) is 4.47. The Kier molecular flexibility index (Phi) is 4.11. The van der Waals surface area contributed by atoms with Crippen LogP contribution in [0.2, 0.25) is 0 Å². The molecule has 2 N–H and O–H groups in total. The summed E-state index contributed by atoms with van der Waals surface area (Å²) in [7, 11) is 5.55. The van der Waals surface area contributed by atoms with E-state index in [1.165, 1.54) is 0 Å². The molecule has 84 valence electrons. The molecule has 1 aromatic rings. The predicted molar refractivity (Wildman–Crippen MR) is 65.7 cm³/mol. The van der Waals surface area contributed by atoms with E-state index in [2.05, 4.69) is 4.98 Å². The molecule has 0 aliphatic carbocycles. The first kappa shape index (κ1) is 12.0. The summed E-state index contributed by atoms with van der Waals surface area (Å²) in [6.45, 7) is 2.55. The molecule has 5 heteroatoms. The lowest BCUT2D eigenvalue weighted by Gasteiger charge is -2.04. The van der Waals surface area contributed by atoms with Gasteiger partial charge in [-0.2, -0.15) is 4.98 Å². The summed E-state index contributed by atoms with van der Waals surface area (Å²) < 4.78 is 5.21. The van der Waals surface area contributed by atoms with Gasteiger partial charge >= 0.3 is 0 Å². The smallest absolute Gasteiger partial charge is 0.233 e. The fourth-order valence-electron chi connectivity index (χ4n) is 1.02. The van der Waals surface area contributed by atoms with Crippen LogP contribution in [0.25, 0.3) is 6.08 Å². The van der Waals surface area contributed by atoms with Gasteiger partial charge in [-0.15, -0.1) is 0 Å². The van der Waals surface area contributed by atoms with Crippen LogP contribution in [0, 0.1) is 0 Å². The van der Waals surface area contributed by atoms with Crippen LogP contribution >= 0.6 is 11.3 Å². The Bertz CT molecular complexity index is 358. The van der Waals surface area contributed by atoms with Crippen molar-refractivity contribution in [3.05, 3.63) is 10.5 Å². The highest BCUT2D eigenvalue weighted by Crippen LogP contribution is 2.31. The van der Waals surface area contributed by atoms with Gasteiger partial charge in [0.15, 0.2) is 5.13 Å². The van der Waals surface area contributed by atoms with E-state index < -0.39 is 0 Å². The summed E-state index contributed by atoms with van der Waals surface area (Å²) in [5.74, 6) is 0.663. The van der Waals surface area contributed by atoms with Crippen molar-refractivity contribution in [1.82, 2.24) is 4.98 Å². The highest BCUT2D eigenvalue weighted by molar-refractivity contribution is 7.16. The van der Waals surface area contributed by atoms with E-state index in [4.69, 9.17) is 10.5 Å². The fourth-order valence-corrected chi connectivity index (χ4v) is 2.00. The molecule has 0 unspecified atom stereocenters. The first-order valence-electron chi connectivity index (χ1n) is 4.68. The molecule has 1 rings (SSSR count). The zero-order chi connectivity index (χ0) is 11.4. The van der Waals surface area contributed by atoms with Gasteiger partial charge in [0, 0.05) is 20.6 Å². The lowest BCUT2D eigenvalue weighted by atomic mass is 10.3. The first-order chi connectivity index (χ1) is 7.08. The van der Waals surface area contributed by atoms with E-state index in [1.54, 1.807) is 18.4 Å². The number of aromatic nitrogens is 1. The molecule has 0 aliphatic heterocycles. The van der Waals surface area contributed by atoms with Crippen molar-refractivity contribution in [3.8, 4) is 5.88 Å². The van der Waals surface area contributed by atoms with Crippen LogP contribution in [0.5, 0.6) is 5.88 Å². The van der Waals surface area contributed by atoms with E-state index in [-0.39, 0.29) is 0 Å². The number of thiazole rings is 1. The van der Waals surface area contributed by atoms with Crippen LogP contribution in [0.3, 0.4) is 0 Å². The van der Waals surface area contributed by atoms with Crippen LogP contribution in [-0.4, -0.2) is 32.7 Å². The summed E-state index contributed by atoms with van der Waals surface area (Å²) in [5.41, 5.74) is 6.66. The Morgan fingerprint density at radius 3 is 2.73 bits per heavy atom. The third-order valence-corrected chi connectivity index (χ3v) is 3.04. The van der Waals surface area contributed by atoms with Crippen LogP contribution < -0.4 is 15.4 Å². The Hall–Kier alpha value is -1.07. The molecule has 0 bridgehead atoms. The second-order valence-electron chi connectivity index (χ2n) is 3.46. The van der Waals surface area contributed by atoms with Crippen molar-refractivity contribution in [1.29, 1.82) is 0 Å². The highest BCUT2D eigenvalue weighted by Gasteiger charge is 2.10. The van der Waals surface area contributed by atoms with Crippen LogP contribution in [0.15, 0.2) is 5.57 Å². The van der Waals surface area contributed by atoms with E-state index in [0.717, 1.165) is 15.6 Å². The van der Waals surface area contributed by atoms with E-state index in [1.807, 2.05) is 32.0 Å². The van der Waals surface area contributed by atoms with Gasteiger partial charge in [-0.25, -0.2) is 0 Å². The zero-order valence-corrected chi connectivity index (χ0v) is 10.4. The minimum atomic E-state index is 0.554. The molecule has 4 nitrogen and oxygen atoms in total. The fraction of sp³-hybridized carbons (Fsp3) is 0.500. The third-order valence-electron chi connectivity index (χ3n) is 1.88. The lowest BCUT2D eigenvalue weighted by Crippen LogP contribution is -2.07. The molecule has 0 fully saturated rings. The Morgan fingerprint density at radius 2 is 2.27 bits per heavy atom. The average molecular weight is 227 g/mol. The summed E-state index contributed by atoms with van der Waals surface area (Å²) in [6, 6.07) is 0. The van der Waals surface area contributed by atoms with Gasteiger partial charge in [-0.05, 0) is 13.0 Å². The van der Waals surface area contributed by atoms with E-state index >= 15 is 0 Å². The molecule has 0 saturated heterocycles. The minimum absolute atomic E-state index is 0.554. The van der Waals surface area contributed by atoms with Crippen molar-refractivity contribution >= 4 is 22.5 Å². The monoisotopic (exact) mass is 227 g/mol. The number of nitrogens with zero attached hydrogens (tertiary/aromatic N) is 2. The molecular weight excluding hydrogens is 210 g/mol. The quantitative estimate of drug-likeness (QED) is 0.848. The molecule has 0 aromatic carbocycles. The maximum atomic E-state index is 5.54. The van der Waals surface area contributed by atoms with Gasteiger partial charge in [-0.1, -0.05) is 16.9 Å². The molecule has 0 atom stereocenters. The van der Waals surface area contributed by atoms with Crippen molar-refractivity contribution in [3.63, 3.8) is 0 Å². The van der Waals surface area contributed by atoms with Gasteiger partial charge in [-0.3, -0.25) is 0 Å². The van der Waals surface area contributed by atoms with Gasteiger partial charge in [0.05, 0.1) is 12.0 Å². The number of ether oxygens (including phenoxy) is 1. The van der Waals surface area contributed by atoms with Crippen molar-refractivity contribution in [2.75, 3.05) is 32.6 Å². The minimum Gasteiger partial charge on any atom is -0.480 e. The van der Waals surface area contributed by atoms with Crippen molar-refractivity contribution in [2.24, 2.45) is 5.73 Å². The molecular formula is C10H17N3OS. The highest BCUT2D eigenvalue weighted by atomic mass is 32.1. The molecule has 0 aliphatic rings. The molecule has 0 spiro atoms. The SMILES string of the molecule is COc1nc(N(C)C)sc1C=C(C)CN. The second kappa shape index (κ2) is 5.14. The lowest BCUT2D eigenvalue weighted by molar-refractivity contribution is 0.400. The topological polar surface area (TPSA) is 51.4 Å². The summed E-state index contributed by atoms with van der Waals surface area (Å²) in [6.07, 6.45) is 2.02. The number of hydrogen-bond acceptors (Lipinski definition) is 5. The molecule has 0 amide bonds. The maximum absolute atomic E-state index is 5.54. The predicted octanol–water partition coefficient (Wildman–Crippen LogP) is 1.58. The van der Waals surface area contributed by atoms with Crippen molar-refractivity contribution in [2.45, 2.75) is 6.92 Å². The van der Waals surface area contributed by atoms with Gasteiger partial charge < -0.3 is 15.4 Å². The molecule has 1 heterocycles. The molecule has 15 heavy (non-hydrogen) atoms. The Morgan fingerprint density at radius 1 is 1.60 bits per heavy atom. The number of nitrogens with two attached hydrogens (primary N) is 1. The van der Waals surface area contributed by atoms with E-state index in [0.29, 0.717) is 12.4 Å². The zero-order valence-electron chi connectivity index (χ0n) is 9.57. The Labute approximate surface area is 94.4 Å². The number of methoxy groups -OCH3 is 1. The van der Waals surface area contributed by atoms with Crippen molar-refractivity contribution < 1.29 is 4.74 Å². The van der Waals surface area contributed by atoms with Crippen LogP contribution in [0.4, 0.5) is 5.13 Å². The summed E-state index contributed by atoms with van der Waals surface area (Å²) in [5, 5.41) is 0.933. The molecule has 0 saturated carbocycles. The van der Waals surface area contributed by atoms with Crippen LogP contribution in [-0.2, 0) is 0 Å². The third kappa shape index (κ3) is 2.94. The van der Waals surface area contributed by atoms with Gasteiger partial charge in [0.1, 0.15) is 0 Å². The normalized spacial score (nSPS) is 11.7. The Balaban J connectivity index is 3.06. The number of hydrogen-bond donors (Lipinski definition) is 1. The summed E-state index contributed by atoms with van der Waals surface area (Å²) in [4.78, 5) is 7.33. The standard InChI is InChI=1S/C10H17N3OS/c1-7(6-11)5-8-9(14-4)12-10(15-8)13(2)3/h5H,6,11H2,1-4H3. The molecule has 0 radical (unpaired) electrons. The summed E-state index contributed by atoms with van der Waals surface area (Å²) >= 11 is 1.59. The van der Waals surface area contributed by atoms with Gasteiger partial charge in [0.2, 0.25) is 5.88 Å². The average Bonchev–Trinajstić information content (AvgIpc) is 2.61. The number of anilines is 1. The van der Waals surface area contributed by atoms with Crippen LogP contribution in [0.1, 0.15) is 11.8 Å². The number of rotatable bonds is 4. The van der Waals surface area contributed by atoms with E-state index in [9.17, 15) is 0 Å². The first-order valence-corrected chi connectivity index (χ1v) is 5.49.